The predicted octanol–water partition coefficient (Wildman–Crippen LogP) is 3.27. The second-order valence-corrected chi connectivity index (χ2v) is 3.60. The molecule has 0 unspecified atom stereocenters. The van der Waals surface area contributed by atoms with Crippen molar-refractivity contribution in [2.75, 3.05) is 0 Å². The molecule has 0 heterocycles. The lowest BCUT2D eigenvalue weighted by molar-refractivity contribution is 0.463. The van der Waals surface area contributed by atoms with Gasteiger partial charge in [0.05, 0.1) is 9.92 Å². The Labute approximate surface area is 83.7 Å². The number of hydrogen-bond donors (Lipinski definition) is 1. The number of aromatic hydroxyl groups is 1. The quantitative estimate of drug-likeness (QED) is 0.583. The van der Waals surface area contributed by atoms with Crippen molar-refractivity contribution >= 4 is 35.0 Å². The molecule has 0 radical (unpaired) electrons. The average molecular weight is 220 g/mol. The molecule has 0 aliphatic rings. The van der Waals surface area contributed by atoms with Crippen LogP contribution in [-0.4, -0.2) is 5.11 Å². The van der Waals surface area contributed by atoms with E-state index < -0.39 is 0 Å². The number of benzene rings is 1. The van der Waals surface area contributed by atoms with Gasteiger partial charge in [-0.3, -0.25) is 0 Å². The van der Waals surface area contributed by atoms with E-state index in [4.69, 9.17) is 28.5 Å². The summed E-state index contributed by atoms with van der Waals surface area (Å²) in [5.41, 5.74) is 0. The molecule has 1 aromatic rings. The number of thiocyanates is 1. The van der Waals surface area contributed by atoms with Gasteiger partial charge in [-0.2, -0.15) is 5.26 Å². The van der Waals surface area contributed by atoms with Gasteiger partial charge in [0.25, 0.3) is 0 Å². The van der Waals surface area contributed by atoms with E-state index in [2.05, 4.69) is 0 Å². The topological polar surface area (TPSA) is 44.0 Å². The summed E-state index contributed by atoms with van der Waals surface area (Å²) in [4.78, 5) is 0.370. The third-order valence-electron chi connectivity index (χ3n) is 1.15. The van der Waals surface area contributed by atoms with Crippen LogP contribution in [-0.2, 0) is 0 Å². The number of thioether (sulfide) groups is 1. The van der Waals surface area contributed by atoms with Crippen molar-refractivity contribution in [3.8, 4) is 11.2 Å². The van der Waals surface area contributed by atoms with Gasteiger partial charge in [-0.1, -0.05) is 23.2 Å². The summed E-state index contributed by atoms with van der Waals surface area (Å²) in [7, 11) is 0. The molecule has 0 aliphatic carbocycles. The molecule has 1 aromatic carbocycles. The summed E-state index contributed by atoms with van der Waals surface area (Å²) in [5.74, 6) is -0.104. The van der Waals surface area contributed by atoms with Crippen LogP contribution in [0, 0.1) is 10.7 Å². The van der Waals surface area contributed by atoms with Crippen LogP contribution in [0.4, 0.5) is 0 Å². The monoisotopic (exact) mass is 219 g/mol. The number of phenols is 1. The Bertz CT molecular complexity index is 348. The van der Waals surface area contributed by atoms with E-state index >= 15 is 0 Å². The highest BCUT2D eigenvalue weighted by Gasteiger charge is 2.07. The van der Waals surface area contributed by atoms with Crippen LogP contribution in [0.3, 0.4) is 0 Å². The van der Waals surface area contributed by atoms with Crippen LogP contribution < -0.4 is 0 Å². The number of halogens is 2. The Morgan fingerprint density at radius 3 is 2.67 bits per heavy atom. The van der Waals surface area contributed by atoms with Crippen molar-refractivity contribution in [1.29, 1.82) is 5.26 Å². The molecule has 0 atom stereocenters. The largest absolute Gasteiger partial charge is 0.505 e. The number of nitriles is 1. The average Bonchev–Trinajstić information content (AvgIpc) is 2.00. The first kappa shape index (κ1) is 9.53. The van der Waals surface area contributed by atoms with E-state index in [0.717, 1.165) is 11.8 Å². The summed E-state index contributed by atoms with van der Waals surface area (Å²) in [6, 6.07) is 2.90. The summed E-state index contributed by atoms with van der Waals surface area (Å²) in [5, 5.41) is 20.0. The molecule has 0 amide bonds. The molecule has 0 aliphatic heterocycles. The second kappa shape index (κ2) is 3.90. The SMILES string of the molecule is N#CSc1cc(Cl)cc(Cl)c1O. The van der Waals surface area contributed by atoms with Crippen LogP contribution >= 0.6 is 35.0 Å². The number of nitrogens with zero attached hydrogens (tertiary/aromatic N) is 1. The summed E-state index contributed by atoms with van der Waals surface area (Å²) < 4.78 is 0. The van der Waals surface area contributed by atoms with Crippen LogP contribution in [0.2, 0.25) is 10.0 Å². The van der Waals surface area contributed by atoms with Gasteiger partial charge in [0.15, 0.2) is 0 Å². The first-order valence-electron chi connectivity index (χ1n) is 2.89. The van der Waals surface area contributed by atoms with Gasteiger partial charge < -0.3 is 5.11 Å². The van der Waals surface area contributed by atoms with Gasteiger partial charge in [-0.15, -0.1) is 0 Å². The summed E-state index contributed by atoms with van der Waals surface area (Å²) in [6.07, 6.45) is 0. The molecule has 62 valence electrons. The van der Waals surface area contributed by atoms with Crippen molar-refractivity contribution in [2.45, 2.75) is 4.90 Å². The van der Waals surface area contributed by atoms with Crippen molar-refractivity contribution in [2.24, 2.45) is 0 Å². The van der Waals surface area contributed by atoms with Gasteiger partial charge in [0, 0.05) is 5.02 Å². The van der Waals surface area contributed by atoms with Crippen LogP contribution in [0.1, 0.15) is 0 Å². The molecule has 12 heavy (non-hydrogen) atoms. The number of phenolic OH excluding ortho intramolecular Hbond substituents is 1. The van der Waals surface area contributed by atoms with Crippen LogP contribution in [0.5, 0.6) is 5.75 Å². The molecule has 0 saturated heterocycles. The maximum Gasteiger partial charge on any atom is 0.148 e. The number of hydrogen-bond acceptors (Lipinski definition) is 3. The van der Waals surface area contributed by atoms with Gasteiger partial charge in [-0.25, -0.2) is 0 Å². The van der Waals surface area contributed by atoms with Gasteiger partial charge in [0.1, 0.15) is 11.2 Å². The minimum atomic E-state index is -0.104. The van der Waals surface area contributed by atoms with Crippen LogP contribution in [0.15, 0.2) is 17.0 Å². The predicted molar refractivity (Wildman–Crippen MR) is 49.6 cm³/mol. The first-order chi connectivity index (χ1) is 5.65. The molecular formula is C7H3Cl2NOS. The van der Waals surface area contributed by atoms with E-state index in [0.29, 0.717) is 9.92 Å². The minimum Gasteiger partial charge on any atom is -0.505 e. The smallest absolute Gasteiger partial charge is 0.148 e. The van der Waals surface area contributed by atoms with E-state index in [1.807, 2.05) is 5.40 Å². The molecule has 2 nitrogen and oxygen atoms in total. The molecule has 5 heteroatoms. The van der Waals surface area contributed by atoms with Gasteiger partial charge in [0.2, 0.25) is 0 Å². The van der Waals surface area contributed by atoms with Crippen molar-refractivity contribution < 1.29 is 5.11 Å². The Hall–Kier alpha value is -0.560. The molecule has 0 bridgehead atoms. The normalized spacial score (nSPS) is 9.42. The van der Waals surface area contributed by atoms with Crippen LogP contribution in [0.25, 0.3) is 0 Å². The minimum absolute atomic E-state index is 0.104. The van der Waals surface area contributed by atoms with Gasteiger partial charge >= 0.3 is 0 Å². The molecule has 1 rings (SSSR count). The third-order valence-corrected chi connectivity index (χ3v) is 2.28. The zero-order valence-electron chi connectivity index (χ0n) is 5.71. The fourth-order valence-electron chi connectivity index (χ4n) is 0.669. The lowest BCUT2D eigenvalue weighted by Crippen LogP contribution is -1.74. The highest BCUT2D eigenvalue weighted by Crippen LogP contribution is 2.36. The summed E-state index contributed by atoms with van der Waals surface area (Å²) >= 11 is 12.1. The van der Waals surface area contributed by atoms with Crippen molar-refractivity contribution in [3.63, 3.8) is 0 Å². The first-order valence-corrected chi connectivity index (χ1v) is 4.46. The molecule has 0 fully saturated rings. The van der Waals surface area contributed by atoms with E-state index in [1.165, 1.54) is 12.1 Å². The highest BCUT2D eigenvalue weighted by molar-refractivity contribution is 8.03. The van der Waals surface area contributed by atoms with E-state index in [1.54, 1.807) is 0 Å². The summed E-state index contributed by atoms with van der Waals surface area (Å²) in [6.45, 7) is 0. The zero-order valence-corrected chi connectivity index (χ0v) is 8.04. The highest BCUT2D eigenvalue weighted by atomic mass is 35.5. The lowest BCUT2D eigenvalue weighted by Gasteiger charge is -2.01. The molecule has 1 N–H and O–H groups in total. The third kappa shape index (κ3) is 1.98. The molecule has 0 saturated carbocycles. The van der Waals surface area contributed by atoms with E-state index in [-0.39, 0.29) is 10.8 Å². The Kier molecular flexibility index (Phi) is 3.10. The molecule has 0 aromatic heterocycles. The van der Waals surface area contributed by atoms with Gasteiger partial charge in [-0.05, 0) is 23.9 Å². The van der Waals surface area contributed by atoms with Crippen molar-refractivity contribution in [3.05, 3.63) is 22.2 Å². The fourth-order valence-corrected chi connectivity index (χ4v) is 1.77. The Morgan fingerprint density at radius 2 is 2.08 bits per heavy atom. The lowest BCUT2D eigenvalue weighted by atomic mass is 10.3. The maximum atomic E-state index is 9.29. The standard InChI is InChI=1S/C7H3Cl2NOS/c8-4-1-5(9)7(11)6(2-4)12-3-10/h1-2,11H. The van der Waals surface area contributed by atoms with E-state index in [9.17, 15) is 5.11 Å². The fraction of sp³-hybridized carbons (Fsp3) is 0. The Morgan fingerprint density at radius 1 is 1.42 bits per heavy atom. The maximum absolute atomic E-state index is 9.29. The zero-order chi connectivity index (χ0) is 9.14. The second-order valence-electron chi connectivity index (χ2n) is 1.93. The Balaban J connectivity index is 3.20. The van der Waals surface area contributed by atoms with Crippen molar-refractivity contribution in [1.82, 2.24) is 0 Å². The molecular weight excluding hydrogens is 217 g/mol. The molecule has 0 spiro atoms. The number of rotatable bonds is 1.